The Balaban J connectivity index is 1.36. The molecule has 6 amide bonds. The molecular weight excluding hydrogens is 604 g/mol. The van der Waals surface area contributed by atoms with Crippen molar-refractivity contribution in [1.29, 1.82) is 0 Å². The van der Waals surface area contributed by atoms with E-state index in [1.54, 1.807) is 0 Å². The summed E-state index contributed by atoms with van der Waals surface area (Å²) in [6.45, 7) is 0. The number of ether oxygens (including phenoxy) is 1. The highest BCUT2D eigenvalue weighted by molar-refractivity contribution is 6.29. The van der Waals surface area contributed by atoms with Crippen LogP contribution < -0.4 is 25.2 Å². The normalized spacial score (nSPS) is 14.5. The highest BCUT2D eigenvalue weighted by atomic mass is 19.3. The first-order valence-corrected chi connectivity index (χ1v) is 12.8. The lowest BCUT2D eigenvalue weighted by Gasteiger charge is -2.20. The maximum atomic E-state index is 13.8. The number of nitrogens with zero attached hydrogens (tertiary/aromatic N) is 2. The Kier molecular flexibility index (Phi) is 8.00. The van der Waals surface area contributed by atoms with Crippen molar-refractivity contribution in [3.05, 3.63) is 102 Å². The minimum atomic E-state index is -4.93. The number of benzene rings is 3. The Labute approximate surface area is 250 Å². The number of anilines is 4. The van der Waals surface area contributed by atoms with Crippen LogP contribution in [0, 0.1) is 0 Å². The van der Waals surface area contributed by atoms with E-state index < -0.39 is 59.4 Å². The summed E-state index contributed by atoms with van der Waals surface area (Å²) < 4.78 is 57.5. The van der Waals surface area contributed by atoms with Gasteiger partial charge in [0.2, 0.25) is 0 Å². The lowest BCUT2D eigenvalue weighted by Crippen LogP contribution is -2.33. The van der Waals surface area contributed by atoms with Crippen molar-refractivity contribution in [2.24, 2.45) is 0 Å². The predicted molar refractivity (Wildman–Crippen MR) is 150 cm³/mol. The number of halogens is 4. The van der Waals surface area contributed by atoms with Gasteiger partial charge in [0.05, 0.1) is 17.1 Å². The zero-order chi connectivity index (χ0) is 32.5. The molecule has 0 saturated carbocycles. The number of rotatable bonds is 9. The van der Waals surface area contributed by atoms with E-state index >= 15 is 0 Å². The van der Waals surface area contributed by atoms with Crippen molar-refractivity contribution in [2.75, 3.05) is 20.4 Å². The fourth-order valence-corrected chi connectivity index (χ4v) is 4.22. The van der Waals surface area contributed by atoms with Crippen molar-refractivity contribution in [1.82, 2.24) is 0 Å². The molecular formula is C30H18F4N4O7. The summed E-state index contributed by atoms with van der Waals surface area (Å²) in [4.78, 5) is 75.1. The van der Waals surface area contributed by atoms with Gasteiger partial charge in [0, 0.05) is 41.1 Å². The summed E-state index contributed by atoms with van der Waals surface area (Å²) in [7, 11) is 0. The van der Waals surface area contributed by atoms with Crippen LogP contribution in [0.3, 0.4) is 0 Å². The molecule has 0 bridgehead atoms. The first-order valence-electron chi connectivity index (χ1n) is 12.8. The number of hydrogen-bond acceptors (Lipinski definition) is 7. The molecule has 2 heterocycles. The second kappa shape index (κ2) is 11.9. The molecule has 0 radical (unpaired) electrons. The summed E-state index contributed by atoms with van der Waals surface area (Å²) in [6, 6.07) is 13.3. The van der Waals surface area contributed by atoms with Crippen molar-refractivity contribution < 1.29 is 51.1 Å². The average molecular weight is 622 g/mol. The summed E-state index contributed by atoms with van der Waals surface area (Å²) in [6.07, 6.45) is -4.81. The van der Waals surface area contributed by atoms with E-state index in [4.69, 9.17) is 0 Å². The summed E-state index contributed by atoms with van der Waals surface area (Å²) in [5.41, 5.74) is -0.218. The molecule has 11 nitrogen and oxygen atoms in total. The van der Waals surface area contributed by atoms with Crippen molar-refractivity contribution in [2.45, 2.75) is 12.5 Å². The Hall–Kier alpha value is -6.12. The smallest absolute Gasteiger partial charge is 0.426 e. The number of imide groups is 2. The zero-order valence-electron chi connectivity index (χ0n) is 22.5. The van der Waals surface area contributed by atoms with Crippen LogP contribution in [0.25, 0.3) is 0 Å². The van der Waals surface area contributed by atoms with Crippen molar-refractivity contribution in [3.63, 3.8) is 0 Å². The Bertz CT molecular complexity index is 1770. The molecule has 0 aromatic heterocycles. The van der Waals surface area contributed by atoms with Gasteiger partial charge in [-0.2, -0.15) is 17.6 Å². The zero-order valence-corrected chi connectivity index (χ0v) is 22.5. The molecule has 0 aliphatic carbocycles. The van der Waals surface area contributed by atoms with Crippen LogP contribution in [0.2, 0.25) is 0 Å². The van der Waals surface area contributed by atoms with Crippen LogP contribution in [0.5, 0.6) is 5.75 Å². The van der Waals surface area contributed by atoms with E-state index in [1.807, 2.05) is 0 Å². The molecule has 2 aliphatic rings. The van der Waals surface area contributed by atoms with E-state index in [0.29, 0.717) is 0 Å². The van der Waals surface area contributed by atoms with Gasteiger partial charge in [0.1, 0.15) is 5.75 Å². The molecule has 228 valence electrons. The van der Waals surface area contributed by atoms with Gasteiger partial charge in [-0.25, -0.2) is 9.80 Å². The maximum Gasteiger partial charge on any atom is 0.461 e. The fourth-order valence-electron chi connectivity index (χ4n) is 4.22. The van der Waals surface area contributed by atoms with Gasteiger partial charge >= 0.3 is 12.5 Å². The molecule has 2 N–H and O–H groups in total. The molecule has 0 fully saturated rings. The lowest BCUT2D eigenvalue weighted by atomic mass is 10.1. The minimum absolute atomic E-state index is 0.0601. The van der Waals surface area contributed by atoms with Gasteiger partial charge in [0.25, 0.3) is 35.4 Å². The first-order chi connectivity index (χ1) is 21.3. The van der Waals surface area contributed by atoms with Crippen LogP contribution in [0.1, 0.15) is 20.7 Å². The maximum absolute atomic E-state index is 13.8. The van der Waals surface area contributed by atoms with Crippen LogP contribution >= 0.6 is 0 Å². The van der Waals surface area contributed by atoms with Gasteiger partial charge in [-0.1, -0.05) is 0 Å². The summed E-state index contributed by atoms with van der Waals surface area (Å²) in [5.74, 6) is -4.79. The molecule has 2 aliphatic heterocycles. The average Bonchev–Trinajstić information content (AvgIpc) is 3.52. The Morgan fingerprint density at radius 2 is 1.07 bits per heavy atom. The number of amides is 6. The summed E-state index contributed by atoms with van der Waals surface area (Å²) >= 11 is 0. The topological polar surface area (TPSA) is 142 Å². The van der Waals surface area contributed by atoms with E-state index in [1.165, 1.54) is 48.5 Å². The predicted octanol–water partition coefficient (Wildman–Crippen LogP) is 4.29. The molecule has 5 rings (SSSR count). The number of hydrogen-bond donors (Lipinski definition) is 2. The van der Waals surface area contributed by atoms with E-state index in [-0.39, 0.29) is 28.2 Å². The minimum Gasteiger partial charge on any atom is -0.426 e. The Morgan fingerprint density at radius 1 is 0.644 bits per heavy atom. The number of nitrogens with one attached hydrogen (secondary N) is 2. The van der Waals surface area contributed by atoms with Crippen LogP contribution in [0.15, 0.2) is 91.0 Å². The molecule has 45 heavy (non-hydrogen) atoms. The van der Waals surface area contributed by atoms with Crippen LogP contribution in [-0.4, -0.2) is 48.0 Å². The third kappa shape index (κ3) is 6.31. The van der Waals surface area contributed by atoms with Crippen molar-refractivity contribution >= 4 is 58.2 Å². The molecule has 0 unspecified atom stereocenters. The van der Waals surface area contributed by atoms with E-state index in [2.05, 4.69) is 15.4 Å². The molecule has 0 atom stereocenters. The highest BCUT2D eigenvalue weighted by Crippen LogP contribution is 2.35. The molecule has 0 saturated heterocycles. The third-order valence-corrected chi connectivity index (χ3v) is 6.38. The molecule has 15 heteroatoms. The van der Waals surface area contributed by atoms with Crippen molar-refractivity contribution in [3.8, 4) is 5.75 Å². The number of alkyl halides is 4. The van der Waals surface area contributed by atoms with Gasteiger partial charge in [-0.15, -0.1) is 0 Å². The third-order valence-electron chi connectivity index (χ3n) is 6.38. The number of carbonyl (C=O) groups excluding carboxylic acids is 6. The first kappa shape index (κ1) is 30.3. The Morgan fingerprint density at radius 3 is 1.49 bits per heavy atom. The monoisotopic (exact) mass is 622 g/mol. The quantitative estimate of drug-likeness (QED) is 0.268. The summed E-state index contributed by atoms with van der Waals surface area (Å²) in [5, 5.41) is 4.73. The second-order valence-electron chi connectivity index (χ2n) is 9.37. The second-order valence-corrected chi connectivity index (χ2v) is 9.37. The SMILES string of the molecule is O=C(Nc1ccc(OC(F)(F)C(F)F)c(NC(=O)c2ccc(N3C(=O)C=CC3=O)cc2)c1)c1ccc(N2C(=O)C=CC2=O)cc1. The fraction of sp³-hybridized carbons (Fsp3) is 0.0667. The van der Waals surface area contributed by atoms with E-state index in [0.717, 1.165) is 52.3 Å². The van der Waals surface area contributed by atoms with Crippen LogP contribution in [0.4, 0.5) is 40.3 Å². The van der Waals surface area contributed by atoms with Crippen LogP contribution in [-0.2, 0) is 19.2 Å². The highest BCUT2D eigenvalue weighted by Gasteiger charge is 2.44. The van der Waals surface area contributed by atoms with E-state index in [9.17, 15) is 46.3 Å². The molecule has 3 aromatic carbocycles. The number of carbonyl (C=O) groups is 6. The molecule has 3 aromatic rings. The van der Waals surface area contributed by atoms with Gasteiger partial charge in [-0.3, -0.25) is 28.8 Å². The van der Waals surface area contributed by atoms with Gasteiger partial charge in [0.15, 0.2) is 0 Å². The van der Waals surface area contributed by atoms with Gasteiger partial charge in [-0.05, 0) is 66.7 Å². The van der Waals surface area contributed by atoms with Gasteiger partial charge < -0.3 is 15.4 Å². The standard InChI is InChI=1S/C30H18F4N4O7/c31-29(32)30(33,34)45-22-10-5-18(35-27(43)16-1-6-19(7-2-16)37-23(39)11-12-24(37)40)15-21(22)36-28(44)17-3-8-20(9-4-17)38-25(41)13-14-26(38)42/h1-15,29H,(H,35,43)(H,36,44). The lowest BCUT2D eigenvalue weighted by molar-refractivity contribution is -0.252. The largest absolute Gasteiger partial charge is 0.461 e. The molecule has 0 spiro atoms.